The second-order valence-electron chi connectivity index (χ2n) is 5.21. The Bertz CT molecular complexity index is 182. The maximum absolute atomic E-state index is 5.94. The molecule has 0 aliphatic carbocycles. The van der Waals surface area contributed by atoms with Crippen molar-refractivity contribution < 1.29 is 23.3 Å². The van der Waals surface area contributed by atoms with Gasteiger partial charge >= 0.3 is 18.9 Å². The first-order valence-electron chi connectivity index (χ1n) is 4.89. The molecule has 0 atom stereocenters. The molecule has 0 heterocycles. The van der Waals surface area contributed by atoms with Crippen LogP contribution in [-0.2, 0) is 4.43 Å². The third kappa shape index (κ3) is 6.08. The van der Waals surface area contributed by atoms with Crippen molar-refractivity contribution in [3.63, 3.8) is 0 Å². The van der Waals surface area contributed by atoms with E-state index in [1.54, 1.807) is 0 Å². The van der Waals surface area contributed by atoms with Crippen LogP contribution in [0.4, 0.5) is 0 Å². The first-order valence-corrected chi connectivity index (χ1v) is 7.79. The van der Waals surface area contributed by atoms with Gasteiger partial charge in [-0.15, -0.1) is 0 Å². The zero-order chi connectivity index (χ0) is 10.7. The molecule has 0 N–H and O–H groups in total. The van der Waals surface area contributed by atoms with Crippen molar-refractivity contribution in [2.24, 2.45) is 0 Å². The SMILES string of the molecule is [CH-]=C(C)CCO[Si](C)(C)C(C)(C)C.[Li+]. The van der Waals surface area contributed by atoms with Crippen LogP contribution in [-0.4, -0.2) is 14.9 Å². The first-order chi connectivity index (χ1) is 5.67. The van der Waals surface area contributed by atoms with Gasteiger partial charge in [-0.05, 0) is 24.6 Å². The van der Waals surface area contributed by atoms with Crippen LogP contribution in [0.5, 0.6) is 0 Å². The van der Waals surface area contributed by atoms with Crippen LogP contribution < -0.4 is 18.9 Å². The van der Waals surface area contributed by atoms with E-state index < -0.39 is 8.32 Å². The topological polar surface area (TPSA) is 9.23 Å². The Labute approximate surface area is 103 Å². The molecular weight excluding hydrogens is 183 g/mol. The standard InChI is InChI=1S/C11H23OSi.Li/c1-10(2)8-9-12-13(6,7)11(3,4)5;/h1H,8-9H2,2-7H3;/q-1;+1. The summed E-state index contributed by atoms with van der Waals surface area (Å²) < 4.78 is 5.94. The summed E-state index contributed by atoms with van der Waals surface area (Å²) in [5, 5.41) is 0.301. The average molecular weight is 206 g/mol. The van der Waals surface area contributed by atoms with E-state index in [-0.39, 0.29) is 18.9 Å². The van der Waals surface area contributed by atoms with E-state index in [1.807, 2.05) is 6.92 Å². The normalized spacial score (nSPS) is 12.1. The van der Waals surface area contributed by atoms with E-state index in [0.717, 1.165) is 18.6 Å². The molecule has 78 valence electrons. The summed E-state index contributed by atoms with van der Waals surface area (Å²) in [7, 11) is -1.54. The molecule has 0 amide bonds. The first kappa shape index (κ1) is 16.9. The summed E-state index contributed by atoms with van der Waals surface area (Å²) in [4.78, 5) is 0. The van der Waals surface area contributed by atoms with Crippen LogP contribution in [0, 0.1) is 6.58 Å². The molecule has 0 aromatic heterocycles. The van der Waals surface area contributed by atoms with E-state index in [1.165, 1.54) is 0 Å². The fraction of sp³-hybridized carbons (Fsp3) is 0.818. The third-order valence-electron chi connectivity index (χ3n) is 2.77. The van der Waals surface area contributed by atoms with E-state index in [4.69, 9.17) is 11.0 Å². The molecule has 0 aromatic rings. The van der Waals surface area contributed by atoms with Gasteiger partial charge in [-0.3, -0.25) is 5.57 Å². The van der Waals surface area contributed by atoms with E-state index in [9.17, 15) is 0 Å². The summed E-state index contributed by atoms with van der Waals surface area (Å²) in [5.41, 5.74) is 0.957. The fourth-order valence-corrected chi connectivity index (χ4v) is 1.73. The Kier molecular flexibility index (Phi) is 7.47. The molecular formula is C11H23LiOSi. The average Bonchev–Trinajstić information content (AvgIpc) is 1.82. The minimum Gasteiger partial charge on any atom is -0.515 e. The van der Waals surface area contributed by atoms with Gasteiger partial charge in [0.2, 0.25) is 0 Å². The van der Waals surface area contributed by atoms with Crippen molar-refractivity contribution in [1.29, 1.82) is 0 Å². The van der Waals surface area contributed by atoms with Gasteiger partial charge in [-0.25, -0.2) is 0 Å². The summed E-state index contributed by atoms with van der Waals surface area (Å²) in [5.74, 6) is 0. The smallest absolute Gasteiger partial charge is 0.515 e. The fourth-order valence-electron chi connectivity index (χ4n) is 0.684. The van der Waals surface area contributed by atoms with Crippen molar-refractivity contribution in [1.82, 2.24) is 0 Å². The van der Waals surface area contributed by atoms with Gasteiger partial charge in [0.25, 0.3) is 0 Å². The molecule has 3 heteroatoms. The van der Waals surface area contributed by atoms with E-state index in [0.29, 0.717) is 5.04 Å². The van der Waals surface area contributed by atoms with Crippen molar-refractivity contribution in [3.05, 3.63) is 12.2 Å². The van der Waals surface area contributed by atoms with Gasteiger partial charge in [-0.2, -0.15) is 0 Å². The van der Waals surface area contributed by atoms with Crippen LogP contribution in [0.1, 0.15) is 34.1 Å². The van der Waals surface area contributed by atoms with Crippen molar-refractivity contribution in [3.8, 4) is 0 Å². The molecule has 0 bridgehead atoms. The third-order valence-corrected chi connectivity index (χ3v) is 7.30. The van der Waals surface area contributed by atoms with Gasteiger partial charge in [-0.1, -0.05) is 27.7 Å². The van der Waals surface area contributed by atoms with Gasteiger partial charge in [0.05, 0.1) is 0 Å². The van der Waals surface area contributed by atoms with Crippen LogP contribution in [0.15, 0.2) is 5.57 Å². The van der Waals surface area contributed by atoms with Crippen LogP contribution in [0.2, 0.25) is 18.1 Å². The van der Waals surface area contributed by atoms with E-state index in [2.05, 4.69) is 33.9 Å². The predicted octanol–water partition coefficient (Wildman–Crippen LogP) is 0.782. The van der Waals surface area contributed by atoms with Crippen LogP contribution in [0.3, 0.4) is 0 Å². The van der Waals surface area contributed by atoms with Gasteiger partial charge < -0.3 is 11.0 Å². The Morgan fingerprint density at radius 3 is 2.00 bits per heavy atom. The van der Waals surface area contributed by atoms with E-state index >= 15 is 0 Å². The monoisotopic (exact) mass is 206 g/mol. The second-order valence-corrected chi connectivity index (χ2v) is 10.0. The summed E-state index contributed by atoms with van der Waals surface area (Å²) in [6.07, 6.45) is 0.881. The van der Waals surface area contributed by atoms with Gasteiger partial charge in [0, 0.05) is 6.61 Å². The molecule has 0 rings (SSSR count). The zero-order valence-electron chi connectivity index (χ0n) is 10.9. The quantitative estimate of drug-likeness (QED) is 0.488. The Balaban J connectivity index is 0. The molecule has 0 saturated heterocycles. The molecule has 0 radical (unpaired) electrons. The summed E-state index contributed by atoms with van der Waals surface area (Å²) in [6, 6.07) is 0. The van der Waals surface area contributed by atoms with Gasteiger partial charge in [0.1, 0.15) is 0 Å². The number of hydrogen-bond donors (Lipinski definition) is 0. The van der Waals surface area contributed by atoms with Crippen LogP contribution in [0.25, 0.3) is 0 Å². The minimum absolute atomic E-state index is 0. The number of rotatable bonds is 4. The van der Waals surface area contributed by atoms with Gasteiger partial charge in [0.15, 0.2) is 8.32 Å². The zero-order valence-corrected chi connectivity index (χ0v) is 11.9. The molecule has 0 saturated carbocycles. The Hall–Kier alpha value is 0.514. The maximum Gasteiger partial charge on any atom is 1.00 e. The maximum atomic E-state index is 5.94. The molecule has 1 nitrogen and oxygen atoms in total. The molecule has 0 unspecified atom stereocenters. The summed E-state index contributed by atoms with van der Waals surface area (Å²) in [6.45, 7) is 19.6. The Morgan fingerprint density at radius 2 is 1.71 bits per heavy atom. The second kappa shape index (κ2) is 6.17. The Morgan fingerprint density at radius 1 is 1.29 bits per heavy atom. The largest absolute Gasteiger partial charge is 1.00 e. The molecule has 0 aliphatic rings. The van der Waals surface area contributed by atoms with Crippen molar-refractivity contribution >= 4 is 8.32 Å². The molecule has 0 aromatic carbocycles. The minimum atomic E-state index is -1.54. The molecule has 0 aliphatic heterocycles. The summed E-state index contributed by atoms with van der Waals surface area (Å²) >= 11 is 0. The number of hydrogen-bond acceptors (Lipinski definition) is 1. The molecule has 14 heavy (non-hydrogen) atoms. The molecule has 0 spiro atoms. The van der Waals surface area contributed by atoms with Crippen molar-refractivity contribution in [2.75, 3.05) is 6.61 Å². The van der Waals surface area contributed by atoms with Crippen LogP contribution >= 0.6 is 0 Å². The predicted molar refractivity (Wildman–Crippen MR) is 61.3 cm³/mol. The molecule has 0 fully saturated rings. The van der Waals surface area contributed by atoms with Crippen molar-refractivity contribution in [2.45, 2.75) is 52.2 Å².